The fourth-order valence-corrected chi connectivity index (χ4v) is 1.65. The first-order chi connectivity index (χ1) is 6.83. The summed E-state index contributed by atoms with van der Waals surface area (Å²) < 4.78 is 5.32. The monoisotopic (exact) mass is 193 g/mol. The van der Waals surface area contributed by atoms with E-state index in [4.69, 9.17) is 4.74 Å². The van der Waals surface area contributed by atoms with E-state index in [0.717, 1.165) is 18.5 Å². The molecule has 1 heterocycles. The zero-order valence-electron chi connectivity index (χ0n) is 8.29. The molecule has 1 atom stereocenters. The van der Waals surface area contributed by atoms with Crippen LogP contribution in [0.3, 0.4) is 0 Å². The molecule has 1 aliphatic rings. The van der Waals surface area contributed by atoms with E-state index in [1.54, 1.807) is 6.07 Å². The van der Waals surface area contributed by atoms with Crippen molar-refractivity contribution in [1.29, 1.82) is 0 Å². The minimum absolute atomic E-state index is 0.284. The second-order valence-electron chi connectivity index (χ2n) is 3.42. The molecule has 0 aromatic heterocycles. The van der Waals surface area contributed by atoms with Crippen LogP contribution >= 0.6 is 0 Å². The smallest absolute Gasteiger partial charge is 0.162 e. The van der Waals surface area contributed by atoms with Crippen molar-refractivity contribution in [3.63, 3.8) is 0 Å². The Balaban J connectivity index is 2.26. The molecule has 0 amide bonds. The summed E-state index contributed by atoms with van der Waals surface area (Å²) in [6.45, 7) is 3.52. The number of aromatic hydroxyl groups is 1. The topological polar surface area (TPSA) is 41.5 Å². The lowest BCUT2D eigenvalue weighted by molar-refractivity contribution is 0.308. The number of nitrogens with one attached hydrogen (secondary N) is 1. The Labute approximate surface area is 83.7 Å². The lowest BCUT2D eigenvalue weighted by Crippen LogP contribution is -2.34. The SMILES string of the molecule is CCOc1cccc([C@@H]2CCN2)c1O. The van der Waals surface area contributed by atoms with Crippen molar-refractivity contribution in [3.8, 4) is 11.5 Å². The highest BCUT2D eigenvalue weighted by Crippen LogP contribution is 2.36. The zero-order valence-corrected chi connectivity index (χ0v) is 8.29. The van der Waals surface area contributed by atoms with Gasteiger partial charge in [0.15, 0.2) is 11.5 Å². The van der Waals surface area contributed by atoms with Gasteiger partial charge in [0.1, 0.15) is 0 Å². The van der Waals surface area contributed by atoms with Gasteiger partial charge in [0, 0.05) is 11.6 Å². The summed E-state index contributed by atoms with van der Waals surface area (Å²) in [5.74, 6) is 0.866. The van der Waals surface area contributed by atoms with Gasteiger partial charge in [-0.25, -0.2) is 0 Å². The molecule has 14 heavy (non-hydrogen) atoms. The quantitative estimate of drug-likeness (QED) is 0.769. The van der Waals surface area contributed by atoms with Crippen molar-refractivity contribution >= 4 is 0 Å². The maximum absolute atomic E-state index is 9.89. The Morgan fingerprint density at radius 1 is 1.57 bits per heavy atom. The van der Waals surface area contributed by atoms with Gasteiger partial charge in [0.05, 0.1) is 6.61 Å². The van der Waals surface area contributed by atoms with Crippen molar-refractivity contribution in [1.82, 2.24) is 5.32 Å². The number of ether oxygens (including phenoxy) is 1. The van der Waals surface area contributed by atoms with Gasteiger partial charge < -0.3 is 15.2 Å². The van der Waals surface area contributed by atoms with Crippen LogP contribution in [0.2, 0.25) is 0 Å². The predicted octanol–water partition coefficient (Wildman–Crippen LogP) is 1.83. The molecule has 0 aliphatic carbocycles. The number of para-hydroxylation sites is 1. The Morgan fingerprint density at radius 3 is 2.93 bits per heavy atom. The molecule has 1 aromatic carbocycles. The molecular weight excluding hydrogens is 178 g/mol. The molecule has 2 rings (SSSR count). The van der Waals surface area contributed by atoms with Crippen LogP contribution in [0.15, 0.2) is 18.2 Å². The summed E-state index contributed by atoms with van der Waals surface area (Å²) in [7, 11) is 0. The lowest BCUT2D eigenvalue weighted by atomic mass is 9.97. The van der Waals surface area contributed by atoms with Crippen LogP contribution in [0.25, 0.3) is 0 Å². The summed E-state index contributed by atoms with van der Waals surface area (Å²) in [6.07, 6.45) is 1.09. The third-order valence-electron chi connectivity index (χ3n) is 2.53. The van der Waals surface area contributed by atoms with Crippen LogP contribution in [0.1, 0.15) is 24.9 Å². The van der Waals surface area contributed by atoms with Gasteiger partial charge in [0.25, 0.3) is 0 Å². The molecule has 3 nitrogen and oxygen atoms in total. The molecule has 0 saturated carbocycles. The van der Waals surface area contributed by atoms with Crippen LogP contribution in [0.4, 0.5) is 0 Å². The first kappa shape index (κ1) is 9.34. The summed E-state index contributed by atoms with van der Waals surface area (Å²) in [5.41, 5.74) is 0.946. The Kier molecular flexibility index (Phi) is 2.59. The molecule has 2 N–H and O–H groups in total. The number of phenolic OH excluding ortho intramolecular Hbond substituents is 1. The van der Waals surface area contributed by atoms with E-state index in [1.165, 1.54) is 0 Å². The molecule has 0 bridgehead atoms. The van der Waals surface area contributed by atoms with E-state index in [0.29, 0.717) is 18.4 Å². The second kappa shape index (κ2) is 3.88. The van der Waals surface area contributed by atoms with Gasteiger partial charge in [0.2, 0.25) is 0 Å². The third-order valence-corrected chi connectivity index (χ3v) is 2.53. The zero-order chi connectivity index (χ0) is 9.97. The van der Waals surface area contributed by atoms with E-state index >= 15 is 0 Å². The van der Waals surface area contributed by atoms with Gasteiger partial charge in [-0.05, 0) is 26.0 Å². The van der Waals surface area contributed by atoms with Crippen molar-refractivity contribution in [2.75, 3.05) is 13.2 Å². The van der Waals surface area contributed by atoms with E-state index in [2.05, 4.69) is 5.32 Å². The normalized spacial score (nSPS) is 20.2. The highest BCUT2D eigenvalue weighted by atomic mass is 16.5. The number of rotatable bonds is 3. The lowest BCUT2D eigenvalue weighted by Gasteiger charge is -2.28. The molecule has 0 unspecified atom stereocenters. The van der Waals surface area contributed by atoms with Gasteiger partial charge in [-0.15, -0.1) is 0 Å². The number of benzene rings is 1. The summed E-state index contributed by atoms with van der Waals surface area (Å²) >= 11 is 0. The molecule has 0 radical (unpaired) electrons. The van der Waals surface area contributed by atoms with Crippen LogP contribution < -0.4 is 10.1 Å². The van der Waals surface area contributed by atoms with E-state index in [9.17, 15) is 5.11 Å². The first-order valence-corrected chi connectivity index (χ1v) is 5.01. The fourth-order valence-electron chi connectivity index (χ4n) is 1.65. The number of hydrogen-bond acceptors (Lipinski definition) is 3. The summed E-state index contributed by atoms with van der Waals surface area (Å²) in [6, 6.07) is 5.95. The maximum Gasteiger partial charge on any atom is 0.162 e. The van der Waals surface area contributed by atoms with Crippen LogP contribution in [-0.4, -0.2) is 18.3 Å². The van der Waals surface area contributed by atoms with E-state index < -0.39 is 0 Å². The maximum atomic E-state index is 9.89. The van der Waals surface area contributed by atoms with Crippen LogP contribution in [0.5, 0.6) is 11.5 Å². The Morgan fingerprint density at radius 2 is 2.36 bits per heavy atom. The van der Waals surface area contributed by atoms with Crippen molar-refractivity contribution < 1.29 is 9.84 Å². The van der Waals surface area contributed by atoms with Crippen molar-refractivity contribution in [3.05, 3.63) is 23.8 Å². The molecule has 76 valence electrons. The Bertz CT molecular complexity index is 321. The standard InChI is InChI=1S/C11H15NO2/c1-2-14-10-5-3-4-8(11(10)13)9-6-7-12-9/h3-5,9,12-13H,2,6-7H2,1H3/t9-/m0/s1. The largest absolute Gasteiger partial charge is 0.504 e. The predicted molar refractivity (Wildman–Crippen MR) is 54.6 cm³/mol. The molecule has 1 fully saturated rings. The average molecular weight is 193 g/mol. The van der Waals surface area contributed by atoms with Crippen molar-refractivity contribution in [2.45, 2.75) is 19.4 Å². The Hall–Kier alpha value is -1.22. The second-order valence-corrected chi connectivity index (χ2v) is 3.42. The molecule has 1 aromatic rings. The molecule has 3 heteroatoms. The summed E-state index contributed by atoms with van der Waals surface area (Å²) in [4.78, 5) is 0. The van der Waals surface area contributed by atoms with E-state index in [-0.39, 0.29) is 5.75 Å². The highest BCUT2D eigenvalue weighted by molar-refractivity contribution is 5.47. The minimum atomic E-state index is 0.284. The van der Waals surface area contributed by atoms with Crippen LogP contribution in [-0.2, 0) is 0 Å². The fraction of sp³-hybridized carbons (Fsp3) is 0.455. The van der Waals surface area contributed by atoms with Gasteiger partial charge in [-0.3, -0.25) is 0 Å². The highest BCUT2D eigenvalue weighted by Gasteiger charge is 2.22. The first-order valence-electron chi connectivity index (χ1n) is 5.01. The molecule has 1 aliphatic heterocycles. The number of hydrogen-bond donors (Lipinski definition) is 2. The average Bonchev–Trinajstić information content (AvgIpc) is 2.09. The van der Waals surface area contributed by atoms with E-state index in [1.807, 2.05) is 19.1 Å². The van der Waals surface area contributed by atoms with Crippen molar-refractivity contribution in [2.24, 2.45) is 0 Å². The van der Waals surface area contributed by atoms with Gasteiger partial charge >= 0.3 is 0 Å². The number of phenols is 1. The van der Waals surface area contributed by atoms with Gasteiger partial charge in [-0.1, -0.05) is 12.1 Å². The minimum Gasteiger partial charge on any atom is -0.504 e. The molecular formula is C11H15NO2. The third kappa shape index (κ3) is 1.55. The van der Waals surface area contributed by atoms with Gasteiger partial charge in [-0.2, -0.15) is 0 Å². The summed E-state index contributed by atoms with van der Waals surface area (Å²) in [5, 5.41) is 13.1. The van der Waals surface area contributed by atoms with Crippen LogP contribution in [0, 0.1) is 0 Å². The molecule has 0 spiro atoms. The molecule has 1 saturated heterocycles.